The van der Waals surface area contributed by atoms with Crippen molar-refractivity contribution in [1.82, 2.24) is 9.55 Å². The lowest BCUT2D eigenvalue weighted by Crippen LogP contribution is -2.28. The van der Waals surface area contributed by atoms with E-state index in [1.165, 1.54) is 22.2 Å². The first kappa shape index (κ1) is 18.8. The van der Waals surface area contributed by atoms with E-state index in [4.69, 9.17) is 4.74 Å². The Balaban J connectivity index is 1.86. The van der Waals surface area contributed by atoms with Crippen LogP contribution in [0.4, 0.5) is 5.69 Å². The van der Waals surface area contributed by atoms with Gasteiger partial charge in [0.05, 0.1) is 23.9 Å². The topological polar surface area (TPSA) is 90.3 Å². The highest BCUT2D eigenvalue weighted by Gasteiger charge is 2.19. The third-order valence-electron chi connectivity index (χ3n) is 4.16. The number of nitrogens with zero attached hydrogens (tertiary/aromatic N) is 2. The van der Waals surface area contributed by atoms with Crippen LogP contribution in [-0.4, -0.2) is 28.0 Å². The number of fused-ring (bicyclic) bond motifs is 1. The van der Waals surface area contributed by atoms with Crippen LogP contribution in [0, 0.1) is 13.8 Å². The van der Waals surface area contributed by atoms with Gasteiger partial charge in [0.25, 0.3) is 5.56 Å². The Bertz CT molecular complexity index is 1080. The molecule has 0 atom stereocenters. The fraction of sp³-hybridized carbons (Fsp3) is 0.263. The molecule has 27 heavy (non-hydrogen) atoms. The van der Waals surface area contributed by atoms with Gasteiger partial charge in [-0.1, -0.05) is 6.07 Å². The molecule has 2 aromatic heterocycles. The molecule has 140 valence electrons. The fourth-order valence-electron chi connectivity index (χ4n) is 2.61. The summed E-state index contributed by atoms with van der Waals surface area (Å²) in [4.78, 5) is 41.7. The summed E-state index contributed by atoms with van der Waals surface area (Å²) in [5.41, 5.74) is 2.58. The molecule has 0 aliphatic rings. The molecule has 1 aromatic carbocycles. The van der Waals surface area contributed by atoms with Crippen molar-refractivity contribution in [1.29, 1.82) is 0 Å². The van der Waals surface area contributed by atoms with E-state index in [2.05, 4.69) is 10.3 Å². The summed E-state index contributed by atoms with van der Waals surface area (Å²) >= 11 is 1.19. The van der Waals surface area contributed by atoms with E-state index >= 15 is 0 Å². The van der Waals surface area contributed by atoms with Crippen molar-refractivity contribution in [2.45, 2.75) is 27.3 Å². The molecule has 0 bridgehead atoms. The summed E-state index contributed by atoms with van der Waals surface area (Å²) in [5, 5.41) is 4.50. The first-order valence-electron chi connectivity index (χ1n) is 8.41. The number of ether oxygens (including phenoxy) is 1. The number of aryl methyl sites for hydroxylation is 2. The van der Waals surface area contributed by atoms with E-state index < -0.39 is 11.5 Å². The molecule has 3 aromatic rings. The molecule has 1 N–H and O–H groups in total. The van der Waals surface area contributed by atoms with Crippen LogP contribution < -0.4 is 10.9 Å². The molecule has 0 unspecified atom stereocenters. The first-order valence-corrected chi connectivity index (χ1v) is 9.29. The zero-order valence-corrected chi connectivity index (χ0v) is 16.1. The lowest BCUT2D eigenvalue weighted by molar-refractivity contribution is -0.116. The minimum atomic E-state index is -0.569. The van der Waals surface area contributed by atoms with E-state index in [0.29, 0.717) is 10.5 Å². The number of thiophene rings is 1. The number of aromatic nitrogens is 2. The van der Waals surface area contributed by atoms with Crippen LogP contribution in [0.25, 0.3) is 10.2 Å². The number of benzene rings is 1. The maximum Gasteiger partial charge on any atom is 0.339 e. The Hall–Kier alpha value is -3.00. The van der Waals surface area contributed by atoms with Gasteiger partial charge >= 0.3 is 5.97 Å². The molecule has 3 rings (SSSR count). The monoisotopic (exact) mass is 385 g/mol. The number of hydrogen-bond donors (Lipinski definition) is 1. The SMILES string of the molecule is CCOC(=O)c1csc2ncn(CC(=O)Nc3ccc(C)c(C)c3)c(=O)c12. The quantitative estimate of drug-likeness (QED) is 0.682. The summed E-state index contributed by atoms with van der Waals surface area (Å²) in [6.45, 7) is 5.65. The number of carbonyl (C=O) groups is 2. The van der Waals surface area contributed by atoms with Crippen LogP contribution in [0.5, 0.6) is 0 Å². The number of esters is 1. The largest absolute Gasteiger partial charge is 0.462 e. The first-order chi connectivity index (χ1) is 12.9. The predicted molar refractivity (Wildman–Crippen MR) is 104 cm³/mol. The summed E-state index contributed by atoms with van der Waals surface area (Å²) < 4.78 is 6.17. The number of nitrogens with one attached hydrogen (secondary N) is 1. The molecule has 0 aliphatic carbocycles. The molecule has 0 saturated carbocycles. The van der Waals surface area contributed by atoms with Crippen molar-refractivity contribution in [2.24, 2.45) is 0 Å². The molecule has 0 spiro atoms. The van der Waals surface area contributed by atoms with Crippen LogP contribution >= 0.6 is 11.3 Å². The number of amides is 1. The molecular formula is C19H19N3O4S. The highest BCUT2D eigenvalue weighted by molar-refractivity contribution is 7.17. The van der Waals surface area contributed by atoms with Crippen LogP contribution in [0.2, 0.25) is 0 Å². The molecule has 0 saturated heterocycles. The van der Waals surface area contributed by atoms with E-state index in [9.17, 15) is 14.4 Å². The molecule has 0 radical (unpaired) electrons. The molecule has 7 nitrogen and oxygen atoms in total. The highest BCUT2D eigenvalue weighted by atomic mass is 32.1. The van der Waals surface area contributed by atoms with Gasteiger partial charge in [0.2, 0.25) is 5.91 Å². The second kappa shape index (κ2) is 7.71. The standard InChI is InChI=1S/C19H19N3O4S/c1-4-26-19(25)14-9-27-17-16(14)18(24)22(10-20-17)8-15(23)21-13-6-5-11(2)12(3)7-13/h5-7,9-10H,4,8H2,1-3H3,(H,21,23). The van der Waals surface area contributed by atoms with Gasteiger partial charge < -0.3 is 10.1 Å². The average molecular weight is 385 g/mol. The summed E-state index contributed by atoms with van der Waals surface area (Å²) in [6.07, 6.45) is 1.32. The van der Waals surface area contributed by atoms with Gasteiger partial charge in [0, 0.05) is 11.1 Å². The van der Waals surface area contributed by atoms with Gasteiger partial charge in [0.1, 0.15) is 11.4 Å². The smallest absolute Gasteiger partial charge is 0.339 e. The van der Waals surface area contributed by atoms with Gasteiger partial charge in [-0.3, -0.25) is 14.2 Å². The third kappa shape index (κ3) is 3.90. The number of carbonyl (C=O) groups excluding carboxylic acids is 2. The Morgan fingerprint density at radius 2 is 2.04 bits per heavy atom. The van der Waals surface area contributed by atoms with Crippen molar-refractivity contribution in [3.05, 3.63) is 57.0 Å². The van der Waals surface area contributed by atoms with Gasteiger partial charge in [-0.2, -0.15) is 0 Å². The maximum absolute atomic E-state index is 12.7. The average Bonchev–Trinajstić information content (AvgIpc) is 3.06. The van der Waals surface area contributed by atoms with E-state index in [0.717, 1.165) is 11.1 Å². The molecule has 2 heterocycles. The van der Waals surface area contributed by atoms with Gasteiger partial charge in [-0.05, 0) is 44.0 Å². The molecule has 1 amide bonds. The normalized spacial score (nSPS) is 10.8. The second-order valence-electron chi connectivity index (χ2n) is 6.07. The molecule has 0 aliphatic heterocycles. The van der Waals surface area contributed by atoms with Gasteiger partial charge in [-0.25, -0.2) is 9.78 Å². The van der Waals surface area contributed by atoms with Crippen molar-refractivity contribution >= 4 is 39.1 Å². The minimum Gasteiger partial charge on any atom is -0.462 e. The Labute approximate surface area is 159 Å². The highest BCUT2D eigenvalue weighted by Crippen LogP contribution is 2.21. The van der Waals surface area contributed by atoms with Crippen LogP contribution in [-0.2, 0) is 16.1 Å². The van der Waals surface area contributed by atoms with Crippen LogP contribution in [0.1, 0.15) is 28.4 Å². The van der Waals surface area contributed by atoms with E-state index in [1.807, 2.05) is 32.0 Å². The predicted octanol–water partition coefficient (Wildman–Crippen LogP) is 2.89. The number of rotatable bonds is 5. The Kier molecular flexibility index (Phi) is 5.36. The van der Waals surface area contributed by atoms with Gasteiger partial charge in [0.15, 0.2) is 0 Å². The minimum absolute atomic E-state index is 0.179. The molecule has 8 heteroatoms. The molecule has 0 fully saturated rings. The van der Waals surface area contributed by atoms with E-state index in [1.54, 1.807) is 12.3 Å². The van der Waals surface area contributed by atoms with Crippen molar-refractivity contribution in [3.63, 3.8) is 0 Å². The summed E-state index contributed by atoms with van der Waals surface area (Å²) in [7, 11) is 0. The van der Waals surface area contributed by atoms with Gasteiger partial charge in [-0.15, -0.1) is 11.3 Å². The maximum atomic E-state index is 12.7. The fourth-order valence-corrected chi connectivity index (χ4v) is 3.48. The molecular weight excluding hydrogens is 366 g/mol. The Morgan fingerprint density at radius 3 is 2.74 bits per heavy atom. The van der Waals surface area contributed by atoms with Crippen LogP contribution in [0.3, 0.4) is 0 Å². The lowest BCUT2D eigenvalue weighted by atomic mass is 10.1. The zero-order chi connectivity index (χ0) is 19.6. The number of anilines is 1. The third-order valence-corrected chi connectivity index (χ3v) is 5.05. The summed E-state index contributed by atoms with van der Waals surface area (Å²) in [6, 6.07) is 5.60. The number of hydrogen-bond acceptors (Lipinski definition) is 6. The van der Waals surface area contributed by atoms with Crippen molar-refractivity contribution in [2.75, 3.05) is 11.9 Å². The van der Waals surface area contributed by atoms with E-state index in [-0.39, 0.29) is 30.0 Å². The summed E-state index contributed by atoms with van der Waals surface area (Å²) in [5.74, 6) is -0.922. The lowest BCUT2D eigenvalue weighted by Gasteiger charge is -2.09. The van der Waals surface area contributed by atoms with Crippen molar-refractivity contribution < 1.29 is 14.3 Å². The van der Waals surface area contributed by atoms with Crippen LogP contribution in [0.15, 0.2) is 34.7 Å². The van der Waals surface area contributed by atoms with Crippen molar-refractivity contribution in [3.8, 4) is 0 Å². The second-order valence-corrected chi connectivity index (χ2v) is 6.93. The Morgan fingerprint density at radius 1 is 1.26 bits per heavy atom. The zero-order valence-electron chi connectivity index (χ0n) is 15.2.